The monoisotopic (exact) mass is 406 g/mol. The standard InChI is InChI=1S/C24H30N4O2/c1-2-6-19(16-17-7-5-8-18(15-17)23(25)26)24(30)27-20-10-12-21(13-11-20)28-14-4-3-9-22(28)29/h5,7-8,10-13,15,19H,2-4,6,9,14,16H2,1H3,(H3,25,26)(H,27,30). The van der Waals surface area contributed by atoms with E-state index in [0.717, 1.165) is 49.2 Å². The zero-order valence-corrected chi connectivity index (χ0v) is 17.5. The molecule has 6 nitrogen and oxygen atoms in total. The molecule has 2 aromatic rings. The molecule has 2 aromatic carbocycles. The number of hydrogen-bond donors (Lipinski definition) is 3. The van der Waals surface area contributed by atoms with Crippen molar-refractivity contribution in [3.05, 3.63) is 59.7 Å². The van der Waals surface area contributed by atoms with E-state index in [1.807, 2.05) is 47.4 Å². The SMILES string of the molecule is CCCC(Cc1cccc(C(=N)N)c1)C(=O)Nc1ccc(N2CCCCC2=O)cc1. The number of hydrogen-bond acceptors (Lipinski definition) is 3. The average Bonchev–Trinajstić information content (AvgIpc) is 2.74. The van der Waals surface area contributed by atoms with Crippen LogP contribution < -0.4 is 16.0 Å². The number of nitrogen functional groups attached to an aromatic ring is 1. The Kier molecular flexibility index (Phi) is 7.22. The Hall–Kier alpha value is -3.15. The van der Waals surface area contributed by atoms with Crippen LogP contribution in [0.4, 0.5) is 11.4 Å². The predicted octanol–water partition coefficient (Wildman–Crippen LogP) is 4.09. The van der Waals surface area contributed by atoms with Crippen molar-refractivity contribution >= 4 is 29.0 Å². The van der Waals surface area contributed by atoms with E-state index >= 15 is 0 Å². The minimum atomic E-state index is -0.166. The molecule has 4 N–H and O–H groups in total. The molecule has 1 atom stereocenters. The fraction of sp³-hybridized carbons (Fsp3) is 0.375. The van der Waals surface area contributed by atoms with Gasteiger partial charge >= 0.3 is 0 Å². The second-order valence-electron chi connectivity index (χ2n) is 7.84. The molecule has 0 bridgehead atoms. The summed E-state index contributed by atoms with van der Waals surface area (Å²) in [7, 11) is 0. The smallest absolute Gasteiger partial charge is 0.227 e. The molecule has 158 valence electrons. The quantitative estimate of drug-likeness (QED) is 0.455. The summed E-state index contributed by atoms with van der Waals surface area (Å²) in [6.07, 6.45) is 4.85. The van der Waals surface area contributed by atoms with Gasteiger partial charge in [0.25, 0.3) is 0 Å². The first-order valence-electron chi connectivity index (χ1n) is 10.6. The molecule has 0 saturated carbocycles. The number of rotatable bonds is 8. The van der Waals surface area contributed by atoms with Crippen molar-refractivity contribution in [1.29, 1.82) is 5.41 Å². The van der Waals surface area contributed by atoms with Gasteiger partial charge in [0.15, 0.2) is 0 Å². The zero-order chi connectivity index (χ0) is 21.5. The van der Waals surface area contributed by atoms with Crippen molar-refractivity contribution in [2.45, 2.75) is 45.4 Å². The molecule has 1 heterocycles. The lowest BCUT2D eigenvalue weighted by molar-refractivity contribution is -0.120. The predicted molar refractivity (Wildman–Crippen MR) is 121 cm³/mol. The Balaban J connectivity index is 1.66. The van der Waals surface area contributed by atoms with Crippen LogP contribution in [-0.2, 0) is 16.0 Å². The van der Waals surface area contributed by atoms with Crippen LogP contribution in [0.1, 0.15) is 50.2 Å². The van der Waals surface area contributed by atoms with Gasteiger partial charge in [0.1, 0.15) is 5.84 Å². The summed E-state index contributed by atoms with van der Waals surface area (Å²) in [6.45, 7) is 2.82. The molecule has 0 aromatic heterocycles. The molecular formula is C24H30N4O2. The lowest BCUT2D eigenvalue weighted by Gasteiger charge is -2.27. The Morgan fingerprint density at radius 2 is 1.97 bits per heavy atom. The number of nitrogens with zero attached hydrogens (tertiary/aromatic N) is 1. The summed E-state index contributed by atoms with van der Waals surface area (Å²) in [5.41, 5.74) is 8.86. The number of nitrogens with one attached hydrogen (secondary N) is 2. The van der Waals surface area contributed by atoms with Gasteiger partial charge in [-0.15, -0.1) is 0 Å². The van der Waals surface area contributed by atoms with Gasteiger partial charge in [-0.25, -0.2) is 0 Å². The van der Waals surface area contributed by atoms with Crippen LogP contribution in [0.25, 0.3) is 0 Å². The lowest BCUT2D eigenvalue weighted by Crippen LogP contribution is -2.35. The van der Waals surface area contributed by atoms with Crippen molar-refractivity contribution in [2.24, 2.45) is 11.7 Å². The number of amidine groups is 1. The number of nitrogens with two attached hydrogens (primary N) is 1. The summed E-state index contributed by atoms with van der Waals surface area (Å²) >= 11 is 0. The molecule has 3 rings (SSSR count). The zero-order valence-electron chi connectivity index (χ0n) is 17.5. The minimum Gasteiger partial charge on any atom is -0.384 e. The van der Waals surface area contributed by atoms with E-state index in [4.69, 9.17) is 11.1 Å². The molecule has 1 fully saturated rings. The molecular weight excluding hydrogens is 376 g/mol. The fourth-order valence-electron chi connectivity index (χ4n) is 3.87. The minimum absolute atomic E-state index is 0.0214. The molecule has 0 aliphatic carbocycles. The van der Waals surface area contributed by atoms with Crippen LogP contribution in [0.3, 0.4) is 0 Å². The maximum absolute atomic E-state index is 12.9. The van der Waals surface area contributed by atoms with E-state index in [1.54, 1.807) is 6.07 Å². The summed E-state index contributed by atoms with van der Waals surface area (Å²) in [5, 5.41) is 10.6. The molecule has 1 aliphatic rings. The van der Waals surface area contributed by atoms with Gasteiger partial charge in [0, 0.05) is 35.8 Å². The van der Waals surface area contributed by atoms with Gasteiger partial charge in [-0.3, -0.25) is 15.0 Å². The Morgan fingerprint density at radius 1 is 1.20 bits per heavy atom. The highest BCUT2D eigenvalue weighted by Crippen LogP contribution is 2.24. The van der Waals surface area contributed by atoms with Crippen molar-refractivity contribution in [1.82, 2.24) is 0 Å². The van der Waals surface area contributed by atoms with Gasteiger partial charge in [0.05, 0.1) is 0 Å². The van der Waals surface area contributed by atoms with Crippen LogP contribution in [0, 0.1) is 11.3 Å². The van der Waals surface area contributed by atoms with Gasteiger partial charge in [-0.05, 0) is 61.6 Å². The maximum atomic E-state index is 12.9. The number of benzene rings is 2. The normalized spacial score (nSPS) is 15.0. The van der Waals surface area contributed by atoms with E-state index < -0.39 is 0 Å². The second kappa shape index (κ2) is 10.1. The fourth-order valence-corrected chi connectivity index (χ4v) is 3.87. The molecule has 2 amide bonds. The van der Waals surface area contributed by atoms with E-state index in [2.05, 4.69) is 12.2 Å². The number of piperidine rings is 1. The average molecular weight is 407 g/mol. The van der Waals surface area contributed by atoms with Crippen molar-refractivity contribution in [2.75, 3.05) is 16.8 Å². The second-order valence-corrected chi connectivity index (χ2v) is 7.84. The molecule has 6 heteroatoms. The third-order valence-corrected chi connectivity index (χ3v) is 5.50. The molecule has 30 heavy (non-hydrogen) atoms. The summed E-state index contributed by atoms with van der Waals surface area (Å²) in [5.74, 6) is 0.00175. The Labute approximate surface area is 178 Å². The first kappa shape index (κ1) is 21.6. The van der Waals surface area contributed by atoms with Crippen LogP contribution in [0.15, 0.2) is 48.5 Å². The molecule has 0 spiro atoms. The molecule has 1 unspecified atom stereocenters. The highest BCUT2D eigenvalue weighted by atomic mass is 16.2. The third-order valence-electron chi connectivity index (χ3n) is 5.50. The van der Waals surface area contributed by atoms with Gasteiger partial charge in [-0.1, -0.05) is 31.5 Å². The van der Waals surface area contributed by atoms with E-state index in [1.165, 1.54) is 0 Å². The van der Waals surface area contributed by atoms with Crippen LogP contribution in [-0.4, -0.2) is 24.2 Å². The van der Waals surface area contributed by atoms with E-state index in [0.29, 0.717) is 18.4 Å². The first-order valence-corrected chi connectivity index (χ1v) is 10.6. The largest absolute Gasteiger partial charge is 0.384 e. The molecule has 1 aliphatic heterocycles. The van der Waals surface area contributed by atoms with Gasteiger partial charge in [0.2, 0.25) is 11.8 Å². The summed E-state index contributed by atoms with van der Waals surface area (Å²) in [4.78, 5) is 26.8. The maximum Gasteiger partial charge on any atom is 0.227 e. The van der Waals surface area contributed by atoms with E-state index in [-0.39, 0.29) is 23.6 Å². The van der Waals surface area contributed by atoms with Crippen LogP contribution in [0.5, 0.6) is 0 Å². The highest BCUT2D eigenvalue weighted by Gasteiger charge is 2.21. The number of carbonyl (C=O) groups is 2. The van der Waals surface area contributed by atoms with Crippen LogP contribution >= 0.6 is 0 Å². The van der Waals surface area contributed by atoms with Gasteiger partial charge < -0.3 is 16.0 Å². The summed E-state index contributed by atoms with van der Waals surface area (Å²) in [6, 6.07) is 15.0. The van der Waals surface area contributed by atoms with Crippen molar-refractivity contribution in [3.63, 3.8) is 0 Å². The van der Waals surface area contributed by atoms with Crippen molar-refractivity contribution < 1.29 is 9.59 Å². The number of anilines is 2. The van der Waals surface area contributed by atoms with E-state index in [9.17, 15) is 9.59 Å². The number of carbonyl (C=O) groups excluding carboxylic acids is 2. The van der Waals surface area contributed by atoms with Gasteiger partial charge in [-0.2, -0.15) is 0 Å². The summed E-state index contributed by atoms with van der Waals surface area (Å²) < 4.78 is 0. The third kappa shape index (κ3) is 5.47. The first-order chi connectivity index (χ1) is 14.5. The van der Waals surface area contributed by atoms with Crippen LogP contribution in [0.2, 0.25) is 0 Å². The lowest BCUT2D eigenvalue weighted by atomic mass is 9.93. The van der Waals surface area contributed by atoms with Crippen molar-refractivity contribution in [3.8, 4) is 0 Å². The molecule has 0 radical (unpaired) electrons. The molecule has 1 saturated heterocycles. The highest BCUT2D eigenvalue weighted by molar-refractivity contribution is 5.96. The Morgan fingerprint density at radius 3 is 2.63 bits per heavy atom. The topological polar surface area (TPSA) is 99.3 Å². The Bertz CT molecular complexity index is 908. The number of amides is 2.